The Morgan fingerprint density at radius 3 is 3.08 bits per heavy atom. The van der Waals surface area contributed by atoms with Gasteiger partial charge in [0.1, 0.15) is 0 Å². The van der Waals surface area contributed by atoms with Crippen LogP contribution in [-0.4, -0.2) is 16.7 Å². The molecule has 0 aliphatic rings. The molecule has 0 unspecified atom stereocenters. The van der Waals surface area contributed by atoms with Gasteiger partial charge in [0.15, 0.2) is 0 Å². The van der Waals surface area contributed by atoms with Crippen LogP contribution in [0.5, 0.6) is 5.88 Å². The molecule has 3 nitrogen and oxygen atoms in total. The molecule has 2 rings (SSSR count). The Bertz CT molecular complexity index is 410. The summed E-state index contributed by atoms with van der Waals surface area (Å²) < 4.78 is 7.87. The molecular formula is C8H7BrN2O. The smallest absolute Gasteiger partial charge is 0.215 e. The molecular weight excluding hydrogens is 220 g/mol. The van der Waals surface area contributed by atoms with Gasteiger partial charge in [-0.3, -0.25) is 0 Å². The van der Waals surface area contributed by atoms with Gasteiger partial charge in [0.25, 0.3) is 0 Å². The third-order valence-corrected chi connectivity index (χ3v) is 2.09. The first-order chi connectivity index (χ1) is 5.81. The maximum atomic E-state index is 5.14. The van der Waals surface area contributed by atoms with Gasteiger partial charge in [0.05, 0.1) is 18.8 Å². The van der Waals surface area contributed by atoms with E-state index < -0.39 is 0 Å². The summed E-state index contributed by atoms with van der Waals surface area (Å²) in [5.74, 6) is 0.726. The molecule has 4 heteroatoms. The van der Waals surface area contributed by atoms with Crippen molar-refractivity contribution < 1.29 is 4.74 Å². The van der Waals surface area contributed by atoms with E-state index in [0.717, 1.165) is 15.9 Å². The van der Waals surface area contributed by atoms with Gasteiger partial charge >= 0.3 is 0 Å². The fourth-order valence-electron chi connectivity index (χ4n) is 1.11. The van der Waals surface area contributed by atoms with Crippen molar-refractivity contribution in [1.29, 1.82) is 0 Å². The third-order valence-electron chi connectivity index (χ3n) is 1.64. The molecule has 0 atom stereocenters. The van der Waals surface area contributed by atoms with Crippen LogP contribution < -0.4 is 4.74 Å². The van der Waals surface area contributed by atoms with E-state index in [1.54, 1.807) is 17.8 Å². The highest BCUT2D eigenvalue weighted by Gasteiger charge is 2.01. The monoisotopic (exact) mass is 226 g/mol. The van der Waals surface area contributed by atoms with Crippen LogP contribution >= 0.6 is 15.9 Å². The van der Waals surface area contributed by atoms with Crippen molar-refractivity contribution in [2.75, 3.05) is 7.11 Å². The highest BCUT2D eigenvalue weighted by Crippen LogP contribution is 2.20. The minimum absolute atomic E-state index is 0.726. The number of aromatic nitrogens is 2. The van der Waals surface area contributed by atoms with E-state index in [2.05, 4.69) is 21.0 Å². The second-order valence-corrected chi connectivity index (χ2v) is 3.30. The Kier molecular flexibility index (Phi) is 1.77. The molecule has 0 amide bonds. The Balaban J connectivity index is 2.80. The number of nitrogens with zero attached hydrogens (tertiary/aromatic N) is 2. The van der Waals surface area contributed by atoms with Crippen molar-refractivity contribution in [2.24, 2.45) is 0 Å². The lowest BCUT2D eigenvalue weighted by molar-refractivity contribution is 0.385. The Labute approximate surface area is 78.1 Å². The zero-order valence-electron chi connectivity index (χ0n) is 6.49. The quantitative estimate of drug-likeness (QED) is 0.745. The predicted molar refractivity (Wildman–Crippen MR) is 49.4 cm³/mol. The van der Waals surface area contributed by atoms with E-state index in [-0.39, 0.29) is 0 Å². The summed E-state index contributed by atoms with van der Waals surface area (Å²) in [6.07, 6.45) is 1.74. The summed E-state index contributed by atoms with van der Waals surface area (Å²) in [4.78, 5) is 0. The SMILES string of the molecule is COc1cc(Br)cc2ccnn12. The Morgan fingerprint density at radius 1 is 1.50 bits per heavy atom. The summed E-state index contributed by atoms with van der Waals surface area (Å²) in [6, 6.07) is 5.78. The van der Waals surface area contributed by atoms with E-state index in [9.17, 15) is 0 Å². The summed E-state index contributed by atoms with van der Waals surface area (Å²) in [6.45, 7) is 0. The summed E-state index contributed by atoms with van der Waals surface area (Å²) in [5, 5.41) is 4.10. The largest absolute Gasteiger partial charge is 0.481 e. The zero-order valence-corrected chi connectivity index (χ0v) is 8.08. The van der Waals surface area contributed by atoms with Crippen molar-refractivity contribution in [3.05, 3.63) is 28.9 Å². The highest BCUT2D eigenvalue weighted by molar-refractivity contribution is 9.10. The second kappa shape index (κ2) is 2.79. The molecule has 2 aromatic heterocycles. The molecule has 0 bridgehead atoms. The summed E-state index contributed by atoms with van der Waals surface area (Å²) >= 11 is 3.39. The molecule has 0 saturated heterocycles. The second-order valence-electron chi connectivity index (χ2n) is 2.38. The molecule has 2 aromatic rings. The average molecular weight is 227 g/mol. The third kappa shape index (κ3) is 1.08. The number of ether oxygens (including phenoxy) is 1. The molecule has 62 valence electrons. The van der Waals surface area contributed by atoms with Crippen LogP contribution in [0.15, 0.2) is 28.9 Å². The first kappa shape index (κ1) is 7.61. The lowest BCUT2D eigenvalue weighted by atomic mass is 10.4. The topological polar surface area (TPSA) is 26.5 Å². The van der Waals surface area contributed by atoms with E-state index in [1.807, 2.05) is 18.2 Å². The lowest BCUT2D eigenvalue weighted by Crippen LogP contribution is -1.94. The molecule has 0 aliphatic carbocycles. The van der Waals surface area contributed by atoms with Crippen molar-refractivity contribution in [3.8, 4) is 5.88 Å². The standard InChI is InChI=1S/C8H7BrN2O/c1-12-8-5-6(9)4-7-2-3-10-11(7)8/h2-5H,1H3. The number of hydrogen-bond donors (Lipinski definition) is 0. The fourth-order valence-corrected chi connectivity index (χ4v) is 1.54. The van der Waals surface area contributed by atoms with Crippen LogP contribution in [0.1, 0.15) is 0 Å². The van der Waals surface area contributed by atoms with Crippen LogP contribution in [0.25, 0.3) is 5.52 Å². The van der Waals surface area contributed by atoms with Crippen LogP contribution in [0.3, 0.4) is 0 Å². The molecule has 0 aromatic carbocycles. The van der Waals surface area contributed by atoms with Crippen molar-refractivity contribution in [1.82, 2.24) is 9.61 Å². The van der Waals surface area contributed by atoms with Gasteiger partial charge in [-0.05, 0) is 12.1 Å². The number of rotatable bonds is 1. The van der Waals surface area contributed by atoms with Gasteiger partial charge in [-0.1, -0.05) is 15.9 Å². The van der Waals surface area contributed by atoms with Gasteiger partial charge in [-0.25, -0.2) is 4.52 Å². The van der Waals surface area contributed by atoms with Crippen molar-refractivity contribution in [2.45, 2.75) is 0 Å². The number of fused-ring (bicyclic) bond motifs is 1. The minimum atomic E-state index is 0.726. The highest BCUT2D eigenvalue weighted by atomic mass is 79.9. The maximum absolute atomic E-state index is 5.14. The van der Waals surface area contributed by atoms with Gasteiger partial charge in [0.2, 0.25) is 5.88 Å². The lowest BCUT2D eigenvalue weighted by Gasteiger charge is -2.02. The summed E-state index contributed by atoms with van der Waals surface area (Å²) in [7, 11) is 1.63. The number of hydrogen-bond acceptors (Lipinski definition) is 2. The van der Waals surface area contributed by atoms with Crippen LogP contribution in [0.4, 0.5) is 0 Å². The van der Waals surface area contributed by atoms with Gasteiger partial charge in [-0.15, -0.1) is 0 Å². The van der Waals surface area contributed by atoms with E-state index >= 15 is 0 Å². The maximum Gasteiger partial charge on any atom is 0.215 e. The molecule has 2 heterocycles. The number of halogens is 1. The fraction of sp³-hybridized carbons (Fsp3) is 0.125. The molecule has 0 aliphatic heterocycles. The van der Waals surface area contributed by atoms with Crippen molar-refractivity contribution in [3.63, 3.8) is 0 Å². The Morgan fingerprint density at radius 2 is 2.33 bits per heavy atom. The zero-order chi connectivity index (χ0) is 8.55. The molecule has 0 saturated carbocycles. The Hall–Kier alpha value is -1.03. The van der Waals surface area contributed by atoms with Crippen LogP contribution in [0.2, 0.25) is 0 Å². The molecule has 0 spiro atoms. The van der Waals surface area contributed by atoms with Gasteiger partial charge < -0.3 is 4.74 Å². The summed E-state index contributed by atoms with van der Waals surface area (Å²) in [5.41, 5.74) is 1.02. The van der Waals surface area contributed by atoms with Crippen LogP contribution in [0, 0.1) is 0 Å². The molecule has 12 heavy (non-hydrogen) atoms. The molecule has 0 radical (unpaired) electrons. The van der Waals surface area contributed by atoms with E-state index in [4.69, 9.17) is 4.74 Å². The first-order valence-corrected chi connectivity index (χ1v) is 4.28. The number of methoxy groups -OCH3 is 1. The molecule has 0 fully saturated rings. The van der Waals surface area contributed by atoms with Crippen LogP contribution in [-0.2, 0) is 0 Å². The van der Waals surface area contributed by atoms with Crippen molar-refractivity contribution >= 4 is 21.4 Å². The van der Waals surface area contributed by atoms with Gasteiger partial charge in [-0.2, -0.15) is 5.10 Å². The predicted octanol–water partition coefficient (Wildman–Crippen LogP) is 2.11. The first-order valence-electron chi connectivity index (χ1n) is 3.48. The van der Waals surface area contributed by atoms with E-state index in [0.29, 0.717) is 0 Å². The van der Waals surface area contributed by atoms with E-state index in [1.165, 1.54) is 0 Å². The average Bonchev–Trinajstić information content (AvgIpc) is 2.50. The van der Waals surface area contributed by atoms with Gasteiger partial charge in [0, 0.05) is 10.5 Å². The normalized spacial score (nSPS) is 10.5. The minimum Gasteiger partial charge on any atom is -0.481 e. The molecule has 0 N–H and O–H groups in total. The number of pyridine rings is 1.